The van der Waals surface area contributed by atoms with E-state index >= 15 is 0 Å². The zero-order valence-electron chi connectivity index (χ0n) is 16.5. The van der Waals surface area contributed by atoms with Crippen LogP contribution in [0.25, 0.3) is 5.69 Å². The van der Waals surface area contributed by atoms with Crippen LogP contribution in [0.1, 0.15) is 5.56 Å². The van der Waals surface area contributed by atoms with Gasteiger partial charge in [-0.1, -0.05) is 41.4 Å². The zero-order chi connectivity index (χ0) is 22.0. The van der Waals surface area contributed by atoms with Crippen molar-refractivity contribution in [3.05, 3.63) is 76.5 Å². The van der Waals surface area contributed by atoms with E-state index in [2.05, 4.69) is 5.10 Å². The molecular weight excluding hydrogens is 459 g/mol. The number of para-hydroxylation sites is 1. The minimum Gasteiger partial charge on any atom is -0.340 e. The van der Waals surface area contributed by atoms with Crippen molar-refractivity contribution < 1.29 is 13.2 Å². The highest BCUT2D eigenvalue weighted by molar-refractivity contribution is 7.89. The largest absolute Gasteiger partial charge is 0.340 e. The van der Waals surface area contributed by atoms with Gasteiger partial charge in [-0.25, -0.2) is 13.1 Å². The van der Waals surface area contributed by atoms with Crippen LogP contribution in [-0.4, -0.2) is 59.5 Å². The number of halogens is 2. The van der Waals surface area contributed by atoms with Crippen LogP contribution in [0.5, 0.6) is 0 Å². The molecule has 2 heterocycles. The van der Waals surface area contributed by atoms with E-state index < -0.39 is 10.0 Å². The van der Waals surface area contributed by atoms with E-state index in [0.29, 0.717) is 18.1 Å². The van der Waals surface area contributed by atoms with Gasteiger partial charge in [-0.05, 0) is 35.9 Å². The van der Waals surface area contributed by atoms with E-state index in [-0.39, 0.29) is 35.3 Å². The number of amides is 1. The molecule has 7 nitrogen and oxygen atoms in total. The van der Waals surface area contributed by atoms with Crippen LogP contribution in [0.4, 0.5) is 0 Å². The number of carbonyl (C=O) groups is 1. The Morgan fingerprint density at radius 3 is 2.35 bits per heavy atom. The SMILES string of the molecule is O=C(Cc1cnn(-c2ccccc2)c1)N1CCN(S(=O)(=O)c2ccc(Cl)c(Cl)c2)CC1. The Morgan fingerprint density at radius 1 is 0.968 bits per heavy atom. The Hall–Kier alpha value is -2.39. The summed E-state index contributed by atoms with van der Waals surface area (Å²) < 4.78 is 28.8. The third kappa shape index (κ3) is 4.77. The smallest absolute Gasteiger partial charge is 0.243 e. The zero-order valence-corrected chi connectivity index (χ0v) is 18.8. The van der Waals surface area contributed by atoms with Crippen LogP contribution in [-0.2, 0) is 21.2 Å². The van der Waals surface area contributed by atoms with Gasteiger partial charge in [-0.3, -0.25) is 4.79 Å². The van der Waals surface area contributed by atoms with Crippen molar-refractivity contribution in [1.29, 1.82) is 0 Å². The molecular formula is C21H20Cl2N4O3S. The van der Waals surface area contributed by atoms with E-state index in [1.54, 1.807) is 15.8 Å². The van der Waals surface area contributed by atoms with Crippen molar-refractivity contribution in [2.45, 2.75) is 11.3 Å². The van der Waals surface area contributed by atoms with Gasteiger partial charge in [0.1, 0.15) is 0 Å². The topological polar surface area (TPSA) is 75.5 Å². The number of carbonyl (C=O) groups excluding carboxylic acids is 1. The molecule has 1 saturated heterocycles. The first-order chi connectivity index (χ1) is 14.8. The molecule has 0 spiro atoms. The van der Waals surface area contributed by atoms with Gasteiger partial charge in [0.2, 0.25) is 15.9 Å². The molecule has 1 aliphatic heterocycles. The number of nitrogens with zero attached hydrogens (tertiary/aromatic N) is 4. The number of aromatic nitrogens is 2. The summed E-state index contributed by atoms with van der Waals surface area (Å²) in [6.07, 6.45) is 3.72. The molecule has 1 fully saturated rings. The van der Waals surface area contributed by atoms with Gasteiger partial charge in [-0.15, -0.1) is 0 Å². The van der Waals surface area contributed by atoms with Crippen LogP contribution in [0, 0.1) is 0 Å². The standard InChI is InChI=1S/C21H20Cl2N4O3S/c22-19-7-6-18(13-20(19)23)31(29,30)26-10-8-25(9-11-26)21(28)12-16-14-24-27(15-16)17-4-2-1-3-5-17/h1-7,13-15H,8-12H2. The normalized spacial score (nSPS) is 15.2. The highest BCUT2D eigenvalue weighted by Crippen LogP contribution is 2.27. The van der Waals surface area contributed by atoms with Crippen molar-refractivity contribution in [3.63, 3.8) is 0 Å². The Kier molecular flexibility index (Phi) is 6.34. The average Bonchev–Trinajstić information content (AvgIpc) is 3.24. The lowest BCUT2D eigenvalue weighted by Crippen LogP contribution is -2.50. The molecule has 2 aromatic carbocycles. The lowest BCUT2D eigenvalue weighted by molar-refractivity contribution is -0.131. The summed E-state index contributed by atoms with van der Waals surface area (Å²) in [7, 11) is -3.70. The first kappa shape index (κ1) is 21.8. The number of rotatable bonds is 5. The molecule has 0 atom stereocenters. The third-order valence-electron chi connectivity index (χ3n) is 5.13. The van der Waals surface area contributed by atoms with Crippen molar-refractivity contribution in [2.75, 3.05) is 26.2 Å². The van der Waals surface area contributed by atoms with Crippen LogP contribution in [0.3, 0.4) is 0 Å². The quantitative estimate of drug-likeness (QED) is 0.563. The van der Waals surface area contributed by atoms with Crippen LogP contribution >= 0.6 is 23.2 Å². The third-order valence-corrected chi connectivity index (χ3v) is 7.77. The summed E-state index contributed by atoms with van der Waals surface area (Å²) in [6.45, 7) is 1.09. The van der Waals surface area contributed by atoms with Gasteiger partial charge < -0.3 is 4.90 Å². The maximum atomic E-state index is 12.9. The lowest BCUT2D eigenvalue weighted by Gasteiger charge is -2.34. The fourth-order valence-electron chi connectivity index (χ4n) is 3.42. The Labute approximate surface area is 190 Å². The minimum atomic E-state index is -3.70. The molecule has 0 N–H and O–H groups in total. The number of hydrogen-bond acceptors (Lipinski definition) is 4. The van der Waals surface area contributed by atoms with Gasteiger partial charge in [0.15, 0.2) is 0 Å². The number of benzene rings is 2. The predicted octanol–water partition coefficient (Wildman–Crippen LogP) is 3.25. The van der Waals surface area contributed by atoms with Crippen LogP contribution in [0.2, 0.25) is 10.0 Å². The fraction of sp³-hybridized carbons (Fsp3) is 0.238. The van der Waals surface area contributed by atoms with Gasteiger partial charge in [0.25, 0.3) is 0 Å². The molecule has 0 bridgehead atoms. The second-order valence-electron chi connectivity index (χ2n) is 7.17. The molecule has 0 saturated carbocycles. The summed E-state index contributed by atoms with van der Waals surface area (Å²) in [5, 5.41) is 4.80. The number of piperazine rings is 1. The maximum Gasteiger partial charge on any atom is 0.243 e. The summed E-state index contributed by atoms with van der Waals surface area (Å²) in [6, 6.07) is 13.9. The molecule has 31 heavy (non-hydrogen) atoms. The first-order valence-electron chi connectivity index (χ1n) is 9.66. The maximum absolute atomic E-state index is 12.9. The second kappa shape index (κ2) is 9.00. The van der Waals surface area contributed by atoms with Gasteiger partial charge in [0, 0.05) is 32.4 Å². The summed E-state index contributed by atoms with van der Waals surface area (Å²) in [4.78, 5) is 14.5. The highest BCUT2D eigenvalue weighted by atomic mass is 35.5. The first-order valence-corrected chi connectivity index (χ1v) is 11.9. The minimum absolute atomic E-state index is 0.0563. The molecule has 3 aromatic rings. The monoisotopic (exact) mass is 478 g/mol. The van der Waals surface area contributed by atoms with Gasteiger partial charge in [0.05, 0.1) is 33.2 Å². The van der Waals surface area contributed by atoms with E-state index in [0.717, 1.165) is 11.3 Å². The van der Waals surface area contributed by atoms with Crippen LogP contribution in [0.15, 0.2) is 65.8 Å². The molecule has 0 unspecified atom stereocenters. The van der Waals surface area contributed by atoms with Crippen molar-refractivity contribution >= 4 is 39.1 Å². The average molecular weight is 479 g/mol. The van der Waals surface area contributed by atoms with E-state index in [1.807, 2.05) is 36.5 Å². The molecule has 4 rings (SSSR count). The Morgan fingerprint density at radius 2 is 1.68 bits per heavy atom. The van der Waals surface area contributed by atoms with Gasteiger partial charge in [-0.2, -0.15) is 9.40 Å². The Balaban J connectivity index is 1.37. The van der Waals surface area contributed by atoms with Crippen molar-refractivity contribution in [1.82, 2.24) is 19.0 Å². The van der Waals surface area contributed by atoms with E-state index in [9.17, 15) is 13.2 Å². The summed E-state index contributed by atoms with van der Waals surface area (Å²) in [5.41, 5.74) is 1.72. The summed E-state index contributed by atoms with van der Waals surface area (Å²) >= 11 is 11.8. The Bertz CT molecular complexity index is 1190. The molecule has 162 valence electrons. The molecule has 10 heteroatoms. The molecule has 1 aromatic heterocycles. The number of hydrogen-bond donors (Lipinski definition) is 0. The molecule has 0 aliphatic carbocycles. The van der Waals surface area contributed by atoms with E-state index in [1.165, 1.54) is 22.5 Å². The molecule has 0 radical (unpaired) electrons. The summed E-state index contributed by atoms with van der Waals surface area (Å²) in [5.74, 6) is -0.0563. The predicted molar refractivity (Wildman–Crippen MR) is 119 cm³/mol. The van der Waals surface area contributed by atoms with Crippen LogP contribution < -0.4 is 0 Å². The number of sulfonamides is 1. The molecule has 1 amide bonds. The second-order valence-corrected chi connectivity index (χ2v) is 9.92. The highest BCUT2D eigenvalue weighted by Gasteiger charge is 2.30. The van der Waals surface area contributed by atoms with Gasteiger partial charge >= 0.3 is 0 Å². The van der Waals surface area contributed by atoms with E-state index in [4.69, 9.17) is 23.2 Å². The van der Waals surface area contributed by atoms with Crippen molar-refractivity contribution in [2.24, 2.45) is 0 Å². The lowest BCUT2D eigenvalue weighted by atomic mass is 10.2. The fourth-order valence-corrected chi connectivity index (χ4v) is 5.24. The molecule has 1 aliphatic rings. The van der Waals surface area contributed by atoms with Crippen molar-refractivity contribution in [3.8, 4) is 5.69 Å².